The number of carbonyl (C=O) groups is 1. The number of carbonyl (C=O) groups excluding carboxylic acids is 1. The van der Waals surface area contributed by atoms with Gasteiger partial charge in [0.15, 0.2) is 0 Å². The van der Waals surface area contributed by atoms with Gasteiger partial charge in [0.2, 0.25) is 5.91 Å². The lowest BCUT2D eigenvalue weighted by Gasteiger charge is -2.05. The molecule has 1 N–H and O–H groups in total. The number of aromatic nitrogens is 3. The summed E-state index contributed by atoms with van der Waals surface area (Å²) in [6.45, 7) is 1.53. The molecule has 1 aromatic carbocycles. The minimum Gasteiger partial charge on any atom is -0.356 e. The number of nitrogens with one attached hydrogen (secondary N) is 1. The number of amides is 1. The Labute approximate surface area is 143 Å². The number of benzene rings is 1. The quantitative estimate of drug-likeness (QED) is 0.666. The van der Waals surface area contributed by atoms with Gasteiger partial charge in [-0.3, -0.25) is 4.79 Å². The lowest BCUT2D eigenvalue weighted by molar-refractivity contribution is -0.121. The first-order valence-electron chi connectivity index (χ1n) is 7.48. The number of fused-ring (bicyclic) bond motifs is 1. The average molecular weight is 349 g/mol. The minimum atomic E-state index is 0.0629. The zero-order valence-corrected chi connectivity index (χ0v) is 14.1. The van der Waals surface area contributed by atoms with Crippen LogP contribution in [-0.4, -0.2) is 27.0 Å². The predicted molar refractivity (Wildman–Crippen MR) is 92.8 cm³/mol. The molecule has 5 nitrogen and oxygen atoms in total. The Bertz CT molecular complexity index is 785. The Hall–Kier alpha value is -1.92. The van der Waals surface area contributed by atoms with E-state index in [2.05, 4.69) is 15.3 Å². The molecule has 2 heterocycles. The van der Waals surface area contributed by atoms with Crippen molar-refractivity contribution >= 4 is 39.1 Å². The number of nitrogens with zero attached hydrogens (tertiary/aromatic N) is 3. The monoisotopic (exact) mass is 348 g/mol. The largest absolute Gasteiger partial charge is 0.356 e. The van der Waals surface area contributed by atoms with E-state index < -0.39 is 0 Å². The van der Waals surface area contributed by atoms with Crippen LogP contribution < -0.4 is 5.32 Å². The molecule has 0 saturated carbocycles. The van der Waals surface area contributed by atoms with Crippen molar-refractivity contribution in [1.82, 2.24) is 19.9 Å². The van der Waals surface area contributed by atoms with E-state index in [9.17, 15) is 4.79 Å². The van der Waals surface area contributed by atoms with E-state index in [1.54, 1.807) is 23.9 Å². The van der Waals surface area contributed by atoms with Crippen molar-refractivity contribution in [2.24, 2.45) is 0 Å². The standard InChI is InChI=1S/C16H17ClN4OS/c17-12-2-3-14-13(10-12)20-16(23-14)5-4-15(22)19-6-1-8-21-9-7-18-11-21/h2-3,7,9-11H,1,4-6,8H2,(H,19,22). The fraction of sp³-hybridized carbons (Fsp3) is 0.312. The summed E-state index contributed by atoms with van der Waals surface area (Å²) in [5.41, 5.74) is 0.901. The molecule has 120 valence electrons. The number of rotatable bonds is 7. The van der Waals surface area contributed by atoms with E-state index in [4.69, 9.17) is 11.6 Å². The van der Waals surface area contributed by atoms with Gasteiger partial charge in [-0.25, -0.2) is 9.97 Å². The maximum Gasteiger partial charge on any atom is 0.220 e. The van der Waals surface area contributed by atoms with Gasteiger partial charge in [-0.1, -0.05) is 11.6 Å². The lowest BCUT2D eigenvalue weighted by Crippen LogP contribution is -2.25. The Morgan fingerprint density at radius 2 is 2.30 bits per heavy atom. The van der Waals surface area contributed by atoms with Gasteiger partial charge in [0.1, 0.15) is 0 Å². The third-order valence-electron chi connectivity index (χ3n) is 3.43. The molecule has 23 heavy (non-hydrogen) atoms. The molecule has 0 fully saturated rings. The van der Waals surface area contributed by atoms with Crippen molar-refractivity contribution in [3.05, 3.63) is 47.0 Å². The van der Waals surface area contributed by atoms with E-state index >= 15 is 0 Å². The second-order valence-electron chi connectivity index (χ2n) is 5.22. The number of aryl methyl sites for hydroxylation is 2. The SMILES string of the molecule is O=C(CCc1nc2cc(Cl)ccc2s1)NCCCn1ccnc1. The first-order chi connectivity index (χ1) is 11.2. The van der Waals surface area contributed by atoms with Crippen molar-refractivity contribution in [2.45, 2.75) is 25.8 Å². The number of imidazole rings is 1. The molecular weight excluding hydrogens is 332 g/mol. The van der Waals surface area contributed by atoms with Crippen LogP contribution in [0.15, 0.2) is 36.9 Å². The highest BCUT2D eigenvalue weighted by Crippen LogP contribution is 2.25. The van der Waals surface area contributed by atoms with E-state index in [0.29, 0.717) is 24.4 Å². The summed E-state index contributed by atoms with van der Waals surface area (Å²) in [5, 5.41) is 4.59. The summed E-state index contributed by atoms with van der Waals surface area (Å²) in [5.74, 6) is 0.0629. The summed E-state index contributed by atoms with van der Waals surface area (Å²) in [6, 6.07) is 5.68. The summed E-state index contributed by atoms with van der Waals surface area (Å²) >= 11 is 7.57. The average Bonchev–Trinajstić information content (AvgIpc) is 3.18. The van der Waals surface area contributed by atoms with Crippen LogP contribution in [-0.2, 0) is 17.8 Å². The molecule has 0 unspecified atom stereocenters. The minimum absolute atomic E-state index is 0.0629. The molecule has 1 amide bonds. The van der Waals surface area contributed by atoms with Gasteiger partial charge in [-0.05, 0) is 24.6 Å². The van der Waals surface area contributed by atoms with Crippen molar-refractivity contribution in [3.8, 4) is 0 Å². The summed E-state index contributed by atoms with van der Waals surface area (Å²) < 4.78 is 3.10. The molecular formula is C16H17ClN4OS. The number of thiazole rings is 1. The van der Waals surface area contributed by atoms with Crippen molar-refractivity contribution < 1.29 is 4.79 Å². The van der Waals surface area contributed by atoms with Gasteiger partial charge >= 0.3 is 0 Å². The molecule has 0 saturated heterocycles. The van der Waals surface area contributed by atoms with Gasteiger partial charge < -0.3 is 9.88 Å². The third-order valence-corrected chi connectivity index (χ3v) is 4.77. The topological polar surface area (TPSA) is 59.8 Å². The van der Waals surface area contributed by atoms with Gasteiger partial charge in [0.25, 0.3) is 0 Å². The van der Waals surface area contributed by atoms with E-state index in [1.807, 2.05) is 29.0 Å². The first kappa shape index (κ1) is 16.0. The first-order valence-corrected chi connectivity index (χ1v) is 8.67. The van der Waals surface area contributed by atoms with E-state index in [0.717, 1.165) is 28.2 Å². The van der Waals surface area contributed by atoms with Crippen LogP contribution in [0.3, 0.4) is 0 Å². The van der Waals surface area contributed by atoms with E-state index in [1.165, 1.54) is 0 Å². The smallest absolute Gasteiger partial charge is 0.220 e. The molecule has 0 bridgehead atoms. The molecule has 3 aromatic rings. The summed E-state index contributed by atoms with van der Waals surface area (Å²) in [4.78, 5) is 20.4. The normalized spacial score (nSPS) is 11.0. The van der Waals surface area contributed by atoms with Crippen molar-refractivity contribution in [1.29, 1.82) is 0 Å². The number of halogens is 1. The third kappa shape index (κ3) is 4.53. The Morgan fingerprint density at radius 3 is 3.13 bits per heavy atom. The fourth-order valence-electron chi connectivity index (χ4n) is 2.27. The van der Waals surface area contributed by atoms with E-state index in [-0.39, 0.29) is 5.91 Å². The van der Waals surface area contributed by atoms with Crippen LogP contribution in [0, 0.1) is 0 Å². The highest BCUT2D eigenvalue weighted by Gasteiger charge is 2.07. The summed E-state index contributed by atoms with van der Waals surface area (Å²) in [7, 11) is 0. The molecule has 0 spiro atoms. The van der Waals surface area contributed by atoms with Gasteiger partial charge in [-0.2, -0.15) is 0 Å². The second-order valence-corrected chi connectivity index (χ2v) is 6.78. The van der Waals surface area contributed by atoms with Crippen LogP contribution in [0.4, 0.5) is 0 Å². The molecule has 0 atom stereocenters. The molecule has 0 aliphatic rings. The highest BCUT2D eigenvalue weighted by atomic mass is 35.5. The Kier molecular flexibility index (Phi) is 5.25. The van der Waals surface area contributed by atoms with Crippen LogP contribution >= 0.6 is 22.9 Å². The van der Waals surface area contributed by atoms with Crippen molar-refractivity contribution in [2.75, 3.05) is 6.54 Å². The van der Waals surface area contributed by atoms with Crippen LogP contribution in [0.5, 0.6) is 0 Å². The predicted octanol–water partition coefficient (Wildman–Crippen LogP) is 3.29. The maximum absolute atomic E-state index is 11.9. The fourth-order valence-corrected chi connectivity index (χ4v) is 3.39. The molecule has 0 radical (unpaired) electrons. The zero-order valence-electron chi connectivity index (χ0n) is 12.5. The molecule has 0 aliphatic heterocycles. The van der Waals surface area contributed by atoms with Crippen molar-refractivity contribution in [3.63, 3.8) is 0 Å². The lowest BCUT2D eigenvalue weighted by atomic mass is 10.3. The molecule has 7 heteroatoms. The Balaban J connectivity index is 1.41. The number of hydrogen-bond acceptors (Lipinski definition) is 4. The summed E-state index contributed by atoms with van der Waals surface area (Å²) in [6.07, 6.45) is 7.46. The van der Waals surface area contributed by atoms with Gasteiger partial charge in [0.05, 0.1) is 21.6 Å². The highest BCUT2D eigenvalue weighted by molar-refractivity contribution is 7.18. The van der Waals surface area contributed by atoms with Crippen LogP contribution in [0.2, 0.25) is 5.02 Å². The van der Waals surface area contributed by atoms with Gasteiger partial charge in [-0.15, -0.1) is 11.3 Å². The maximum atomic E-state index is 11.9. The molecule has 2 aromatic heterocycles. The van der Waals surface area contributed by atoms with Gasteiger partial charge in [0, 0.05) is 43.3 Å². The van der Waals surface area contributed by atoms with Crippen LogP contribution in [0.1, 0.15) is 17.8 Å². The second kappa shape index (κ2) is 7.57. The molecule has 0 aliphatic carbocycles. The number of hydrogen-bond donors (Lipinski definition) is 1. The van der Waals surface area contributed by atoms with Crippen LogP contribution in [0.25, 0.3) is 10.2 Å². The zero-order chi connectivity index (χ0) is 16.1. The Morgan fingerprint density at radius 1 is 1.39 bits per heavy atom. The molecule has 3 rings (SSSR count).